The van der Waals surface area contributed by atoms with Crippen LogP contribution in [0.25, 0.3) is 0 Å². The van der Waals surface area contributed by atoms with Crippen molar-refractivity contribution in [3.05, 3.63) is 35.4 Å². The molecule has 0 bridgehead atoms. The van der Waals surface area contributed by atoms with E-state index in [1.54, 1.807) is 0 Å². The van der Waals surface area contributed by atoms with Gasteiger partial charge in [0.05, 0.1) is 0 Å². The molecule has 0 spiro atoms. The summed E-state index contributed by atoms with van der Waals surface area (Å²) in [4.78, 5) is 15.8. The van der Waals surface area contributed by atoms with E-state index in [-0.39, 0.29) is 6.04 Å². The van der Waals surface area contributed by atoms with E-state index in [9.17, 15) is 13.6 Å². The van der Waals surface area contributed by atoms with E-state index in [2.05, 4.69) is 4.90 Å². The molecule has 20 heavy (non-hydrogen) atoms. The van der Waals surface area contributed by atoms with Crippen molar-refractivity contribution in [1.82, 2.24) is 9.80 Å². The lowest BCUT2D eigenvalue weighted by Crippen LogP contribution is -2.53. The van der Waals surface area contributed by atoms with Gasteiger partial charge in [-0.25, -0.2) is 8.78 Å². The molecule has 0 radical (unpaired) electrons. The Morgan fingerprint density at radius 1 is 1.25 bits per heavy atom. The lowest BCUT2D eigenvalue weighted by molar-refractivity contribution is 0.0580. The average molecular weight is 283 g/mol. The zero-order valence-corrected chi connectivity index (χ0v) is 11.5. The topological polar surface area (TPSA) is 49.6 Å². The molecule has 1 fully saturated rings. The van der Waals surface area contributed by atoms with Crippen LogP contribution in [0, 0.1) is 11.6 Å². The smallest absolute Gasteiger partial charge is 0.259 e. The summed E-state index contributed by atoms with van der Waals surface area (Å²) < 4.78 is 27.2. The van der Waals surface area contributed by atoms with Crippen molar-refractivity contribution in [2.24, 2.45) is 5.73 Å². The molecule has 1 unspecified atom stereocenters. The van der Waals surface area contributed by atoms with Crippen molar-refractivity contribution in [2.75, 3.05) is 32.7 Å². The third kappa shape index (κ3) is 2.96. The molecule has 4 nitrogen and oxygen atoms in total. The van der Waals surface area contributed by atoms with E-state index >= 15 is 0 Å². The second kappa shape index (κ2) is 6.28. The molecule has 1 amide bonds. The molecule has 6 heteroatoms. The van der Waals surface area contributed by atoms with Gasteiger partial charge in [0.2, 0.25) is 0 Å². The van der Waals surface area contributed by atoms with Crippen LogP contribution in [0.15, 0.2) is 18.2 Å². The second-order valence-electron chi connectivity index (χ2n) is 5.01. The summed E-state index contributed by atoms with van der Waals surface area (Å²) in [5.41, 5.74) is 5.14. The first-order chi connectivity index (χ1) is 9.54. The van der Waals surface area contributed by atoms with Gasteiger partial charge in [-0.05, 0) is 19.1 Å². The Kier molecular flexibility index (Phi) is 4.67. The first-order valence-electron chi connectivity index (χ1n) is 6.72. The largest absolute Gasteiger partial charge is 0.336 e. The molecule has 1 aromatic carbocycles. The minimum absolute atomic E-state index is 0.248. The van der Waals surface area contributed by atoms with E-state index < -0.39 is 23.1 Å². The molecule has 2 rings (SSSR count). The Balaban J connectivity index is 2.05. The van der Waals surface area contributed by atoms with Crippen LogP contribution in [0.1, 0.15) is 17.3 Å². The van der Waals surface area contributed by atoms with Gasteiger partial charge in [-0.2, -0.15) is 0 Å². The molecule has 1 aromatic rings. The van der Waals surface area contributed by atoms with Crippen molar-refractivity contribution in [2.45, 2.75) is 13.0 Å². The van der Waals surface area contributed by atoms with Crippen LogP contribution in [-0.2, 0) is 0 Å². The molecular formula is C14H19F2N3O. The van der Waals surface area contributed by atoms with Gasteiger partial charge in [-0.15, -0.1) is 0 Å². The van der Waals surface area contributed by atoms with Gasteiger partial charge in [0.25, 0.3) is 5.91 Å². The van der Waals surface area contributed by atoms with E-state index in [1.807, 2.05) is 6.92 Å². The van der Waals surface area contributed by atoms with Crippen LogP contribution in [0.3, 0.4) is 0 Å². The standard InChI is InChI=1S/C14H19F2N3O/c1-10(9-17)18-5-7-19(8-6-18)14(20)13-11(15)3-2-4-12(13)16/h2-4,10H,5-9,17H2,1H3. The number of piperazine rings is 1. The quantitative estimate of drug-likeness (QED) is 0.903. The second-order valence-corrected chi connectivity index (χ2v) is 5.01. The first-order valence-corrected chi connectivity index (χ1v) is 6.72. The molecule has 2 N–H and O–H groups in total. The summed E-state index contributed by atoms with van der Waals surface area (Å²) in [5.74, 6) is -2.21. The Hall–Kier alpha value is -1.53. The summed E-state index contributed by atoms with van der Waals surface area (Å²) in [7, 11) is 0. The normalized spacial score (nSPS) is 18.1. The number of nitrogens with zero attached hydrogens (tertiary/aromatic N) is 2. The lowest BCUT2D eigenvalue weighted by Gasteiger charge is -2.37. The van der Waals surface area contributed by atoms with Crippen molar-refractivity contribution in [1.29, 1.82) is 0 Å². The molecular weight excluding hydrogens is 264 g/mol. The van der Waals surface area contributed by atoms with Gasteiger partial charge in [-0.1, -0.05) is 6.07 Å². The highest BCUT2D eigenvalue weighted by Crippen LogP contribution is 2.16. The Bertz CT molecular complexity index is 467. The van der Waals surface area contributed by atoms with E-state index in [1.165, 1.54) is 11.0 Å². The predicted octanol–water partition coefficient (Wildman–Crippen LogP) is 1.07. The zero-order chi connectivity index (χ0) is 14.7. The van der Waals surface area contributed by atoms with E-state index in [0.717, 1.165) is 12.1 Å². The maximum atomic E-state index is 13.6. The number of rotatable bonds is 3. The third-order valence-electron chi connectivity index (χ3n) is 3.74. The SMILES string of the molecule is CC(CN)N1CCN(C(=O)c2c(F)cccc2F)CC1. The highest BCUT2D eigenvalue weighted by Gasteiger charge is 2.27. The number of carbonyl (C=O) groups is 1. The molecule has 0 aromatic heterocycles. The molecule has 1 saturated heterocycles. The summed E-state index contributed by atoms with van der Waals surface area (Å²) in [5, 5.41) is 0. The van der Waals surface area contributed by atoms with Gasteiger partial charge in [-0.3, -0.25) is 9.69 Å². The molecule has 110 valence electrons. The molecule has 0 aliphatic carbocycles. The molecule has 0 saturated carbocycles. The van der Waals surface area contributed by atoms with Gasteiger partial charge in [0.15, 0.2) is 0 Å². The number of benzene rings is 1. The van der Waals surface area contributed by atoms with Gasteiger partial charge < -0.3 is 10.6 Å². The fourth-order valence-corrected chi connectivity index (χ4v) is 2.38. The molecule has 1 aliphatic rings. The summed E-state index contributed by atoms with van der Waals surface area (Å²) in [6, 6.07) is 3.70. The van der Waals surface area contributed by atoms with Crippen LogP contribution in [-0.4, -0.2) is 54.5 Å². The van der Waals surface area contributed by atoms with Gasteiger partial charge in [0, 0.05) is 38.8 Å². The maximum Gasteiger partial charge on any atom is 0.259 e. The summed E-state index contributed by atoms with van der Waals surface area (Å²) >= 11 is 0. The zero-order valence-electron chi connectivity index (χ0n) is 11.5. The summed E-state index contributed by atoms with van der Waals surface area (Å²) in [6.07, 6.45) is 0. The Labute approximate surface area is 117 Å². The van der Waals surface area contributed by atoms with Crippen molar-refractivity contribution in [3.8, 4) is 0 Å². The van der Waals surface area contributed by atoms with Gasteiger partial charge >= 0.3 is 0 Å². The number of amides is 1. The molecule has 1 heterocycles. The fraction of sp³-hybridized carbons (Fsp3) is 0.500. The van der Waals surface area contributed by atoms with E-state index in [4.69, 9.17) is 5.73 Å². The van der Waals surface area contributed by atoms with Gasteiger partial charge in [0.1, 0.15) is 17.2 Å². The predicted molar refractivity (Wildman–Crippen MR) is 72.4 cm³/mol. The molecule has 1 atom stereocenters. The van der Waals surface area contributed by atoms with Crippen LogP contribution in [0.2, 0.25) is 0 Å². The highest BCUT2D eigenvalue weighted by molar-refractivity contribution is 5.94. The number of carbonyl (C=O) groups excluding carboxylic acids is 1. The number of halogens is 2. The number of hydrogen-bond acceptors (Lipinski definition) is 3. The maximum absolute atomic E-state index is 13.6. The molecule has 1 aliphatic heterocycles. The van der Waals surface area contributed by atoms with Crippen molar-refractivity contribution >= 4 is 5.91 Å². The lowest BCUT2D eigenvalue weighted by atomic mass is 10.1. The van der Waals surface area contributed by atoms with Crippen LogP contribution < -0.4 is 5.73 Å². The third-order valence-corrected chi connectivity index (χ3v) is 3.74. The average Bonchev–Trinajstić information content (AvgIpc) is 2.46. The number of nitrogens with two attached hydrogens (primary N) is 1. The van der Waals surface area contributed by atoms with Crippen LogP contribution >= 0.6 is 0 Å². The Morgan fingerprint density at radius 2 is 1.80 bits per heavy atom. The highest BCUT2D eigenvalue weighted by atomic mass is 19.1. The number of hydrogen-bond donors (Lipinski definition) is 1. The minimum Gasteiger partial charge on any atom is -0.336 e. The van der Waals surface area contributed by atoms with E-state index in [0.29, 0.717) is 32.7 Å². The minimum atomic E-state index is -0.812. The van der Waals surface area contributed by atoms with Crippen LogP contribution in [0.5, 0.6) is 0 Å². The monoisotopic (exact) mass is 283 g/mol. The van der Waals surface area contributed by atoms with Crippen molar-refractivity contribution in [3.63, 3.8) is 0 Å². The Morgan fingerprint density at radius 3 is 2.30 bits per heavy atom. The summed E-state index contributed by atoms with van der Waals surface area (Å²) in [6.45, 7) is 4.82. The first kappa shape index (κ1) is 14.9. The van der Waals surface area contributed by atoms with Crippen molar-refractivity contribution < 1.29 is 13.6 Å². The van der Waals surface area contributed by atoms with Crippen LogP contribution in [0.4, 0.5) is 8.78 Å². The fourth-order valence-electron chi connectivity index (χ4n) is 2.38.